The molecule has 0 radical (unpaired) electrons. The van der Waals surface area contributed by atoms with E-state index in [-0.39, 0.29) is 11.1 Å². The van der Waals surface area contributed by atoms with Gasteiger partial charge in [-0.2, -0.15) is 0 Å². The molecule has 0 aliphatic heterocycles. The fraction of sp³-hybridized carbons (Fsp3) is 0.133. The van der Waals surface area contributed by atoms with Gasteiger partial charge in [-0.05, 0) is 35.9 Å². The van der Waals surface area contributed by atoms with Crippen LogP contribution in [0.3, 0.4) is 0 Å². The van der Waals surface area contributed by atoms with Gasteiger partial charge in [0.2, 0.25) is 0 Å². The number of rotatable bonds is 5. The average molecular weight is 356 g/mol. The zero-order valence-electron chi connectivity index (χ0n) is 10.8. The number of anilines is 1. The van der Waals surface area contributed by atoms with E-state index in [9.17, 15) is 18.7 Å². The van der Waals surface area contributed by atoms with Gasteiger partial charge in [-0.1, -0.05) is 34.1 Å². The van der Waals surface area contributed by atoms with Crippen molar-refractivity contribution in [1.29, 1.82) is 0 Å². The first-order chi connectivity index (χ1) is 9.97. The van der Waals surface area contributed by atoms with Gasteiger partial charge in [0.1, 0.15) is 0 Å². The monoisotopic (exact) mass is 355 g/mol. The van der Waals surface area contributed by atoms with E-state index in [1.807, 2.05) is 0 Å². The summed E-state index contributed by atoms with van der Waals surface area (Å²) in [7, 11) is 0. The summed E-state index contributed by atoms with van der Waals surface area (Å²) >= 11 is 3.28. The lowest BCUT2D eigenvalue weighted by Gasteiger charge is -2.17. The number of halogens is 3. The van der Waals surface area contributed by atoms with Gasteiger partial charge in [-0.3, -0.25) is 0 Å². The van der Waals surface area contributed by atoms with Crippen molar-refractivity contribution < 1.29 is 18.7 Å². The first-order valence-electron chi connectivity index (χ1n) is 6.10. The Kier molecular flexibility index (Phi) is 4.90. The summed E-state index contributed by atoms with van der Waals surface area (Å²) in [5.74, 6) is -1.13. The molecule has 110 valence electrons. The summed E-state index contributed by atoms with van der Waals surface area (Å²) in [5.41, 5.74) is 0.674. The molecule has 0 spiro atoms. The molecule has 0 saturated carbocycles. The Morgan fingerprint density at radius 2 is 1.71 bits per heavy atom. The quantitative estimate of drug-likeness (QED) is 0.822. The van der Waals surface area contributed by atoms with Crippen LogP contribution in [0.2, 0.25) is 0 Å². The van der Waals surface area contributed by atoms with E-state index in [1.165, 1.54) is 24.3 Å². The van der Waals surface area contributed by atoms with Gasteiger partial charge in [0.05, 0.1) is 0 Å². The smallest absolute Gasteiger partial charge is 0.330 e. The molecule has 2 aromatic rings. The predicted octanol–water partition coefficient (Wildman–Crippen LogP) is 4.62. The fourth-order valence-electron chi connectivity index (χ4n) is 1.87. The summed E-state index contributed by atoms with van der Waals surface area (Å²) in [6, 6.07) is 11.3. The molecule has 3 nitrogen and oxygen atoms in total. The van der Waals surface area contributed by atoms with Gasteiger partial charge in [-0.25, -0.2) is 13.6 Å². The third-order valence-electron chi connectivity index (χ3n) is 2.90. The van der Waals surface area contributed by atoms with Gasteiger partial charge in [0, 0.05) is 15.7 Å². The van der Waals surface area contributed by atoms with E-state index in [2.05, 4.69) is 21.2 Å². The number of hydrogen-bond acceptors (Lipinski definition) is 2. The summed E-state index contributed by atoms with van der Waals surface area (Å²) in [5, 5.41) is 12.1. The minimum Gasteiger partial charge on any atom is -0.479 e. The first-order valence-corrected chi connectivity index (χ1v) is 6.89. The van der Waals surface area contributed by atoms with Crippen LogP contribution in [0.5, 0.6) is 0 Å². The van der Waals surface area contributed by atoms with E-state index in [0.717, 1.165) is 4.47 Å². The molecule has 0 aliphatic carbocycles. The Hall–Kier alpha value is -1.95. The molecule has 0 aromatic heterocycles. The Morgan fingerprint density at radius 1 is 1.10 bits per heavy atom. The lowest BCUT2D eigenvalue weighted by atomic mass is 10.0. The van der Waals surface area contributed by atoms with Crippen molar-refractivity contribution in [1.82, 2.24) is 0 Å². The molecule has 1 unspecified atom stereocenters. The third kappa shape index (κ3) is 4.01. The molecule has 0 bridgehead atoms. The topological polar surface area (TPSA) is 49.3 Å². The van der Waals surface area contributed by atoms with E-state index >= 15 is 0 Å². The maximum atomic E-state index is 12.7. The van der Waals surface area contributed by atoms with Gasteiger partial charge >= 0.3 is 5.97 Å². The van der Waals surface area contributed by atoms with Gasteiger partial charge in [-0.15, -0.1) is 0 Å². The van der Waals surface area contributed by atoms with E-state index < -0.39 is 18.4 Å². The summed E-state index contributed by atoms with van der Waals surface area (Å²) in [6.07, 6.45) is -2.63. The average Bonchev–Trinajstić information content (AvgIpc) is 2.46. The molecule has 0 saturated heterocycles. The predicted molar refractivity (Wildman–Crippen MR) is 79.5 cm³/mol. The molecule has 1 atom stereocenters. The van der Waals surface area contributed by atoms with Gasteiger partial charge in [0.15, 0.2) is 6.04 Å². The van der Waals surface area contributed by atoms with Crippen LogP contribution in [0, 0.1) is 0 Å². The zero-order valence-corrected chi connectivity index (χ0v) is 12.3. The lowest BCUT2D eigenvalue weighted by molar-refractivity contribution is -0.138. The summed E-state index contributed by atoms with van der Waals surface area (Å²) in [6.45, 7) is 0. The highest BCUT2D eigenvalue weighted by Crippen LogP contribution is 2.25. The molecule has 0 aliphatic rings. The van der Waals surface area contributed by atoms with Crippen molar-refractivity contribution >= 4 is 27.6 Å². The van der Waals surface area contributed by atoms with Crippen molar-refractivity contribution in [3.8, 4) is 0 Å². The number of nitrogens with one attached hydrogen (secondary N) is 1. The molecular weight excluding hydrogens is 344 g/mol. The van der Waals surface area contributed by atoms with E-state index in [1.54, 1.807) is 24.3 Å². The van der Waals surface area contributed by atoms with Crippen LogP contribution in [0.4, 0.5) is 14.5 Å². The van der Waals surface area contributed by atoms with E-state index in [0.29, 0.717) is 5.69 Å². The minimum atomic E-state index is -2.63. The van der Waals surface area contributed by atoms with Crippen LogP contribution in [0.1, 0.15) is 23.6 Å². The second-order valence-electron chi connectivity index (χ2n) is 4.39. The number of carboxylic acids is 1. The van der Waals surface area contributed by atoms with E-state index in [4.69, 9.17) is 0 Å². The van der Waals surface area contributed by atoms with Crippen molar-refractivity contribution in [3.05, 3.63) is 64.1 Å². The molecule has 2 rings (SSSR count). The Morgan fingerprint density at radius 3 is 2.29 bits per heavy atom. The van der Waals surface area contributed by atoms with Crippen molar-refractivity contribution in [2.45, 2.75) is 12.5 Å². The van der Waals surface area contributed by atoms with Crippen LogP contribution >= 0.6 is 15.9 Å². The van der Waals surface area contributed by atoms with Gasteiger partial charge in [0.25, 0.3) is 6.43 Å². The van der Waals surface area contributed by atoms with Crippen molar-refractivity contribution in [2.75, 3.05) is 5.32 Å². The molecule has 2 aromatic carbocycles. The zero-order chi connectivity index (χ0) is 15.4. The Bertz CT molecular complexity index is 632. The third-order valence-corrected chi connectivity index (χ3v) is 3.43. The highest BCUT2D eigenvalue weighted by Gasteiger charge is 2.21. The number of alkyl halides is 2. The second-order valence-corrected chi connectivity index (χ2v) is 5.31. The SMILES string of the molecule is O=C(O)C(Nc1ccc(Br)cc1)c1cccc(C(F)F)c1. The second kappa shape index (κ2) is 6.67. The van der Waals surface area contributed by atoms with Crippen LogP contribution in [-0.4, -0.2) is 11.1 Å². The van der Waals surface area contributed by atoms with Gasteiger partial charge < -0.3 is 10.4 Å². The molecule has 21 heavy (non-hydrogen) atoms. The maximum Gasteiger partial charge on any atom is 0.330 e. The Labute approximate surface area is 128 Å². The Balaban J connectivity index is 2.28. The molecule has 6 heteroatoms. The molecule has 0 fully saturated rings. The number of carboxylic acid groups (broad SMARTS) is 1. The molecular formula is C15H12BrF2NO2. The maximum absolute atomic E-state index is 12.7. The normalized spacial score (nSPS) is 12.2. The highest BCUT2D eigenvalue weighted by molar-refractivity contribution is 9.10. The fourth-order valence-corrected chi connectivity index (χ4v) is 2.14. The largest absolute Gasteiger partial charge is 0.479 e. The number of carbonyl (C=O) groups is 1. The van der Waals surface area contributed by atoms with Crippen LogP contribution in [-0.2, 0) is 4.79 Å². The van der Waals surface area contributed by atoms with Crippen LogP contribution in [0.15, 0.2) is 53.0 Å². The minimum absolute atomic E-state index is 0.198. The highest BCUT2D eigenvalue weighted by atomic mass is 79.9. The standard InChI is InChI=1S/C15H12BrF2NO2/c16-11-4-6-12(7-5-11)19-13(15(20)21)9-2-1-3-10(8-9)14(17)18/h1-8,13-14,19H,(H,20,21). The van der Waals surface area contributed by atoms with Crippen LogP contribution < -0.4 is 5.32 Å². The van der Waals surface area contributed by atoms with Crippen molar-refractivity contribution in [2.24, 2.45) is 0 Å². The summed E-state index contributed by atoms with van der Waals surface area (Å²) < 4.78 is 26.3. The number of benzene rings is 2. The number of hydrogen-bond donors (Lipinski definition) is 2. The first kappa shape index (κ1) is 15.4. The lowest BCUT2D eigenvalue weighted by Crippen LogP contribution is -2.20. The molecule has 2 N–H and O–H groups in total. The number of aliphatic carboxylic acids is 1. The molecule has 0 amide bonds. The summed E-state index contributed by atoms with van der Waals surface area (Å²) in [4.78, 5) is 11.4. The van der Waals surface area contributed by atoms with Crippen molar-refractivity contribution in [3.63, 3.8) is 0 Å². The molecule has 0 heterocycles. The van der Waals surface area contributed by atoms with Crippen LogP contribution in [0.25, 0.3) is 0 Å².